The summed E-state index contributed by atoms with van der Waals surface area (Å²) in [6.07, 6.45) is 1.75. The van der Waals surface area contributed by atoms with Crippen LogP contribution in [0.4, 0.5) is 0 Å². The smallest absolute Gasteiger partial charge is 0.250 e. The minimum atomic E-state index is -0.226. The van der Waals surface area contributed by atoms with Gasteiger partial charge in [0, 0.05) is 10.6 Å². The number of hydrogen-bond acceptors (Lipinski definition) is 2. The number of amidine groups is 1. The van der Waals surface area contributed by atoms with E-state index in [4.69, 9.17) is 11.6 Å². The SMILES string of the molecule is CCCC1N=C(c2ccc(Cl)cc2)NC1=O. The number of benzene rings is 1. The molecule has 1 aromatic carbocycles. The highest BCUT2D eigenvalue weighted by Crippen LogP contribution is 2.14. The third-order valence-electron chi connectivity index (χ3n) is 2.51. The van der Waals surface area contributed by atoms with Gasteiger partial charge in [-0.05, 0) is 30.7 Å². The molecule has 84 valence electrons. The van der Waals surface area contributed by atoms with E-state index >= 15 is 0 Å². The highest BCUT2D eigenvalue weighted by molar-refractivity contribution is 6.30. The number of amides is 1. The van der Waals surface area contributed by atoms with E-state index < -0.39 is 0 Å². The van der Waals surface area contributed by atoms with Crippen LogP contribution in [0.3, 0.4) is 0 Å². The van der Waals surface area contributed by atoms with Gasteiger partial charge in [-0.2, -0.15) is 0 Å². The second kappa shape index (κ2) is 4.66. The van der Waals surface area contributed by atoms with Gasteiger partial charge in [0.25, 0.3) is 0 Å². The van der Waals surface area contributed by atoms with Crippen LogP contribution in [0.5, 0.6) is 0 Å². The van der Waals surface area contributed by atoms with Gasteiger partial charge in [0.15, 0.2) is 0 Å². The number of nitrogens with one attached hydrogen (secondary N) is 1. The Morgan fingerprint density at radius 3 is 2.69 bits per heavy atom. The summed E-state index contributed by atoms with van der Waals surface area (Å²) in [6, 6.07) is 7.07. The summed E-state index contributed by atoms with van der Waals surface area (Å²) in [6.45, 7) is 2.04. The number of nitrogens with zero attached hydrogens (tertiary/aromatic N) is 1. The molecule has 0 fully saturated rings. The first-order valence-electron chi connectivity index (χ1n) is 5.35. The molecule has 1 heterocycles. The summed E-state index contributed by atoms with van der Waals surface area (Å²) < 4.78 is 0. The van der Waals surface area contributed by atoms with Crippen LogP contribution in [0.15, 0.2) is 29.3 Å². The number of aliphatic imine (C=N–C) groups is 1. The summed E-state index contributed by atoms with van der Waals surface area (Å²) in [7, 11) is 0. The fraction of sp³-hybridized carbons (Fsp3) is 0.333. The molecule has 1 N–H and O–H groups in total. The molecule has 0 aliphatic carbocycles. The lowest BCUT2D eigenvalue weighted by Crippen LogP contribution is -2.29. The van der Waals surface area contributed by atoms with Crippen molar-refractivity contribution in [2.45, 2.75) is 25.8 Å². The summed E-state index contributed by atoms with van der Waals surface area (Å²) in [5, 5.41) is 3.47. The fourth-order valence-corrected chi connectivity index (χ4v) is 1.80. The van der Waals surface area contributed by atoms with E-state index in [1.807, 2.05) is 19.1 Å². The van der Waals surface area contributed by atoms with Gasteiger partial charge in [-0.3, -0.25) is 9.79 Å². The molecule has 3 nitrogen and oxygen atoms in total. The molecule has 1 aliphatic heterocycles. The molecule has 2 rings (SSSR count). The number of rotatable bonds is 3. The van der Waals surface area contributed by atoms with Gasteiger partial charge in [0.05, 0.1) is 0 Å². The lowest BCUT2D eigenvalue weighted by atomic mass is 10.2. The van der Waals surface area contributed by atoms with E-state index in [1.54, 1.807) is 12.1 Å². The largest absolute Gasteiger partial charge is 0.309 e. The Morgan fingerprint density at radius 1 is 1.38 bits per heavy atom. The van der Waals surface area contributed by atoms with Crippen LogP contribution >= 0.6 is 11.6 Å². The minimum Gasteiger partial charge on any atom is -0.309 e. The summed E-state index contributed by atoms with van der Waals surface area (Å²) in [5.41, 5.74) is 0.899. The van der Waals surface area contributed by atoms with E-state index in [1.165, 1.54) is 0 Å². The molecule has 1 atom stereocenters. The van der Waals surface area contributed by atoms with Crippen molar-refractivity contribution in [3.63, 3.8) is 0 Å². The van der Waals surface area contributed by atoms with Crippen molar-refractivity contribution < 1.29 is 4.79 Å². The summed E-state index contributed by atoms with van der Waals surface area (Å²) >= 11 is 5.80. The van der Waals surface area contributed by atoms with E-state index in [2.05, 4.69) is 10.3 Å². The Labute approximate surface area is 99.5 Å². The number of carbonyl (C=O) groups excluding carboxylic acids is 1. The van der Waals surface area contributed by atoms with Gasteiger partial charge in [-0.15, -0.1) is 0 Å². The molecule has 0 aromatic heterocycles. The average Bonchev–Trinajstić information content (AvgIpc) is 2.62. The first kappa shape index (κ1) is 11.1. The third-order valence-corrected chi connectivity index (χ3v) is 2.76. The number of halogens is 1. The molecule has 0 saturated heterocycles. The zero-order valence-corrected chi connectivity index (χ0v) is 9.79. The molecule has 0 bridgehead atoms. The first-order chi connectivity index (χ1) is 7.70. The maximum atomic E-state index is 11.6. The molecular weight excluding hydrogens is 224 g/mol. The molecule has 1 amide bonds. The average molecular weight is 237 g/mol. The maximum Gasteiger partial charge on any atom is 0.250 e. The molecule has 0 spiro atoms. The third kappa shape index (κ3) is 2.25. The van der Waals surface area contributed by atoms with Crippen LogP contribution in [-0.4, -0.2) is 17.8 Å². The van der Waals surface area contributed by atoms with Crippen LogP contribution < -0.4 is 5.32 Å². The van der Waals surface area contributed by atoms with E-state index in [-0.39, 0.29) is 11.9 Å². The zero-order valence-electron chi connectivity index (χ0n) is 9.03. The highest BCUT2D eigenvalue weighted by atomic mass is 35.5. The Hall–Kier alpha value is -1.35. The second-order valence-electron chi connectivity index (χ2n) is 3.78. The van der Waals surface area contributed by atoms with Crippen molar-refractivity contribution in [3.05, 3.63) is 34.9 Å². The Morgan fingerprint density at radius 2 is 2.06 bits per heavy atom. The topological polar surface area (TPSA) is 41.5 Å². The molecular formula is C12H13ClN2O. The van der Waals surface area contributed by atoms with Crippen molar-refractivity contribution in [1.82, 2.24) is 5.32 Å². The predicted octanol–water partition coefficient (Wildman–Crippen LogP) is 2.39. The Kier molecular flexibility index (Phi) is 3.25. The van der Waals surface area contributed by atoms with Gasteiger partial charge in [-0.25, -0.2) is 0 Å². The van der Waals surface area contributed by atoms with Crippen LogP contribution in [0.2, 0.25) is 5.02 Å². The van der Waals surface area contributed by atoms with E-state index in [0.717, 1.165) is 18.4 Å². The van der Waals surface area contributed by atoms with Gasteiger partial charge < -0.3 is 5.32 Å². The van der Waals surface area contributed by atoms with Gasteiger partial charge in [0.2, 0.25) is 5.91 Å². The quantitative estimate of drug-likeness (QED) is 0.860. The zero-order chi connectivity index (χ0) is 11.5. The van der Waals surface area contributed by atoms with Crippen LogP contribution in [0, 0.1) is 0 Å². The predicted molar refractivity (Wildman–Crippen MR) is 64.8 cm³/mol. The number of carbonyl (C=O) groups is 1. The van der Waals surface area contributed by atoms with Crippen molar-refractivity contribution >= 4 is 23.3 Å². The molecule has 4 heteroatoms. The number of hydrogen-bond donors (Lipinski definition) is 1. The molecule has 0 radical (unpaired) electrons. The fourth-order valence-electron chi connectivity index (χ4n) is 1.67. The maximum absolute atomic E-state index is 11.6. The molecule has 1 aromatic rings. The monoisotopic (exact) mass is 236 g/mol. The van der Waals surface area contributed by atoms with Crippen molar-refractivity contribution in [1.29, 1.82) is 0 Å². The van der Waals surface area contributed by atoms with Crippen LogP contribution in [0.1, 0.15) is 25.3 Å². The second-order valence-corrected chi connectivity index (χ2v) is 4.21. The van der Waals surface area contributed by atoms with E-state index in [9.17, 15) is 4.79 Å². The standard InChI is InChI=1S/C12H13ClN2O/c1-2-3-10-12(16)15-11(14-10)8-4-6-9(13)7-5-8/h4-7,10H,2-3H2,1H3,(H,14,15,16). The lowest BCUT2D eigenvalue weighted by molar-refractivity contribution is -0.120. The van der Waals surface area contributed by atoms with Crippen LogP contribution in [-0.2, 0) is 4.79 Å². The van der Waals surface area contributed by atoms with Gasteiger partial charge >= 0.3 is 0 Å². The Bertz CT molecular complexity index is 425. The van der Waals surface area contributed by atoms with Gasteiger partial charge in [0.1, 0.15) is 11.9 Å². The van der Waals surface area contributed by atoms with Crippen molar-refractivity contribution in [2.24, 2.45) is 4.99 Å². The molecule has 1 aliphatic rings. The van der Waals surface area contributed by atoms with Crippen LogP contribution in [0.25, 0.3) is 0 Å². The van der Waals surface area contributed by atoms with Crippen molar-refractivity contribution in [3.8, 4) is 0 Å². The molecule has 0 saturated carbocycles. The lowest BCUT2D eigenvalue weighted by Gasteiger charge is -2.00. The molecule has 1 unspecified atom stereocenters. The first-order valence-corrected chi connectivity index (χ1v) is 5.73. The summed E-state index contributed by atoms with van der Waals surface area (Å²) in [4.78, 5) is 15.9. The normalized spacial score (nSPS) is 19.5. The minimum absolute atomic E-state index is 0.00759. The molecule has 16 heavy (non-hydrogen) atoms. The summed E-state index contributed by atoms with van der Waals surface area (Å²) in [5.74, 6) is 0.645. The van der Waals surface area contributed by atoms with E-state index in [0.29, 0.717) is 10.9 Å². The van der Waals surface area contributed by atoms with Gasteiger partial charge in [-0.1, -0.05) is 24.9 Å². The highest BCUT2D eigenvalue weighted by Gasteiger charge is 2.25. The Balaban J connectivity index is 2.20. The van der Waals surface area contributed by atoms with Crippen molar-refractivity contribution in [2.75, 3.05) is 0 Å².